The molecule has 0 saturated carbocycles. The van der Waals surface area contributed by atoms with Gasteiger partial charge in [0.15, 0.2) is 0 Å². The third-order valence-electron chi connectivity index (χ3n) is 12.6. The van der Waals surface area contributed by atoms with Crippen LogP contribution in [-0.4, -0.2) is 14.5 Å². The van der Waals surface area contributed by atoms with Crippen molar-refractivity contribution in [1.82, 2.24) is 14.5 Å². The first-order valence-electron chi connectivity index (χ1n) is 22.9. The van der Waals surface area contributed by atoms with E-state index in [0.29, 0.717) is 0 Å². The van der Waals surface area contributed by atoms with E-state index in [1.54, 1.807) is 0 Å². The van der Waals surface area contributed by atoms with Crippen LogP contribution in [-0.2, 0) is 10.8 Å². The van der Waals surface area contributed by atoms with Gasteiger partial charge in [-0.25, -0.2) is 4.98 Å². The zero-order valence-electron chi connectivity index (χ0n) is 38.5. The summed E-state index contributed by atoms with van der Waals surface area (Å²) >= 11 is 0. The van der Waals surface area contributed by atoms with E-state index in [-0.39, 0.29) is 10.8 Å². The molecule has 0 saturated heterocycles. The Morgan fingerprint density at radius 3 is 1.56 bits per heavy atom. The third-order valence-corrected chi connectivity index (χ3v) is 12.6. The molecule has 0 fully saturated rings. The maximum absolute atomic E-state index is 5.78. The van der Waals surface area contributed by atoms with Crippen molar-refractivity contribution in [2.75, 3.05) is 5.32 Å². The van der Waals surface area contributed by atoms with Gasteiger partial charge in [0.1, 0.15) is 5.82 Å². The van der Waals surface area contributed by atoms with Crippen LogP contribution in [0.5, 0.6) is 0 Å². The number of hydrogen-bond donors (Lipinski definition) is 1. The van der Waals surface area contributed by atoms with Crippen LogP contribution in [0.1, 0.15) is 52.7 Å². The second-order valence-corrected chi connectivity index (χ2v) is 19.2. The van der Waals surface area contributed by atoms with Crippen molar-refractivity contribution in [3.63, 3.8) is 0 Å². The fourth-order valence-electron chi connectivity index (χ4n) is 8.95. The lowest BCUT2D eigenvalue weighted by Crippen LogP contribution is -2.13. The molecule has 10 aromatic rings. The van der Waals surface area contributed by atoms with Gasteiger partial charge in [-0.15, -0.1) is 0 Å². The molecule has 0 aliphatic heterocycles. The first-order valence-corrected chi connectivity index (χ1v) is 22.9. The van der Waals surface area contributed by atoms with Gasteiger partial charge >= 0.3 is 0 Å². The van der Waals surface area contributed by atoms with Crippen LogP contribution in [0, 0.1) is 0 Å². The molecular formula is C62H54N4. The van der Waals surface area contributed by atoms with Crippen molar-refractivity contribution in [3.8, 4) is 72.8 Å². The molecule has 322 valence electrons. The zero-order valence-corrected chi connectivity index (χ0v) is 38.5. The van der Waals surface area contributed by atoms with Gasteiger partial charge in [-0.3, -0.25) is 9.55 Å². The van der Waals surface area contributed by atoms with Crippen molar-refractivity contribution < 1.29 is 0 Å². The number of nitrogens with zero attached hydrogens (tertiary/aromatic N) is 3. The van der Waals surface area contributed by atoms with Crippen LogP contribution in [0.3, 0.4) is 0 Å². The minimum Gasteiger partial charge on any atom is -0.354 e. The topological polar surface area (TPSA) is 42.7 Å². The van der Waals surface area contributed by atoms with Gasteiger partial charge in [0, 0.05) is 39.8 Å². The minimum atomic E-state index is -0.129. The molecule has 8 aromatic carbocycles. The highest BCUT2D eigenvalue weighted by atomic mass is 15.1. The first-order chi connectivity index (χ1) is 32.0. The fourth-order valence-corrected chi connectivity index (χ4v) is 8.95. The van der Waals surface area contributed by atoms with Gasteiger partial charge in [-0.05, 0) is 110 Å². The largest absolute Gasteiger partial charge is 0.354 e. The monoisotopic (exact) mass is 854 g/mol. The Morgan fingerprint density at radius 1 is 0.394 bits per heavy atom. The lowest BCUT2D eigenvalue weighted by molar-refractivity contribution is 0.590. The predicted octanol–water partition coefficient (Wildman–Crippen LogP) is 16.8. The van der Waals surface area contributed by atoms with Gasteiger partial charge in [0.2, 0.25) is 0 Å². The van der Waals surface area contributed by atoms with Crippen molar-refractivity contribution in [2.24, 2.45) is 0 Å². The zero-order chi connectivity index (χ0) is 45.4. The van der Waals surface area contributed by atoms with Crippen LogP contribution in [0.15, 0.2) is 212 Å². The highest BCUT2D eigenvalue weighted by Crippen LogP contribution is 2.43. The van der Waals surface area contributed by atoms with Crippen molar-refractivity contribution in [1.29, 1.82) is 0 Å². The van der Waals surface area contributed by atoms with Crippen LogP contribution >= 0.6 is 0 Å². The summed E-state index contributed by atoms with van der Waals surface area (Å²) in [6.45, 7) is 13.6. The minimum absolute atomic E-state index is 0.0703. The number of rotatable bonds is 9. The fraction of sp³-hybridized carbons (Fsp3) is 0.129. The number of aromatic nitrogens is 3. The molecule has 0 atom stereocenters. The van der Waals surface area contributed by atoms with E-state index >= 15 is 0 Å². The van der Waals surface area contributed by atoms with Crippen LogP contribution in [0.2, 0.25) is 0 Å². The first kappa shape index (κ1) is 42.1. The van der Waals surface area contributed by atoms with Crippen LogP contribution in [0.25, 0.3) is 83.9 Å². The number of fused-ring (bicyclic) bond motifs is 1. The molecule has 0 radical (unpaired) electrons. The molecule has 4 heteroatoms. The molecule has 0 aliphatic carbocycles. The quantitative estimate of drug-likeness (QED) is 0.157. The van der Waals surface area contributed by atoms with E-state index < -0.39 is 0 Å². The number of anilines is 2. The number of pyridine rings is 1. The van der Waals surface area contributed by atoms with E-state index in [2.05, 4.69) is 258 Å². The molecule has 10 rings (SSSR count). The number of benzene rings is 8. The van der Waals surface area contributed by atoms with Gasteiger partial charge in [0.05, 0.1) is 22.4 Å². The van der Waals surface area contributed by atoms with Crippen molar-refractivity contribution in [2.45, 2.75) is 52.4 Å². The molecule has 0 amide bonds. The third kappa shape index (κ3) is 8.34. The highest BCUT2D eigenvalue weighted by Gasteiger charge is 2.25. The maximum Gasteiger partial charge on any atom is 0.147 e. The number of imidazole rings is 1. The Labute approximate surface area is 389 Å². The Bertz CT molecular complexity index is 3330. The number of nitrogens with one attached hydrogen (secondary N) is 1. The molecule has 0 aliphatic rings. The number of hydrogen-bond acceptors (Lipinski definition) is 3. The van der Waals surface area contributed by atoms with Crippen LogP contribution < -0.4 is 5.32 Å². The summed E-state index contributed by atoms with van der Waals surface area (Å²) in [7, 11) is 0. The Kier molecular flexibility index (Phi) is 11.0. The summed E-state index contributed by atoms with van der Waals surface area (Å²) in [5, 5.41) is 4.00. The van der Waals surface area contributed by atoms with Gasteiger partial charge in [-0.1, -0.05) is 193 Å². The summed E-state index contributed by atoms with van der Waals surface area (Å²) in [5.41, 5.74) is 19.2. The second-order valence-electron chi connectivity index (χ2n) is 19.2. The Hall–Kier alpha value is -7.82. The average molecular weight is 855 g/mol. The summed E-state index contributed by atoms with van der Waals surface area (Å²) in [5.74, 6) is 0.853. The van der Waals surface area contributed by atoms with Crippen molar-refractivity contribution >= 4 is 22.4 Å². The average Bonchev–Trinajstić information content (AvgIpc) is 3.74. The summed E-state index contributed by atoms with van der Waals surface area (Å²) in [6.07, 6.45) is 1.93. The highest BCUT2D eigenvalue weighted by molar-refractivity contribution is 5.98. The van der Waals surface area contributed by atoms with Gasteiger partial charge < -0.3 is 5.32 Å². The summed E-state index contributed by atoms with van der Waals surface area (Å²) in [6, 6.07) is 73.9. The van der Waals surface area contributed by atoms with E-state index in [4.69, 9.17) is 9.97 Å². The molecule has 2 aromatic heterocycles. The predicted molar refractivity (Wildman–Crippen MR) is 279 cm³/mol. The molecule has 1 N–H and O–H groups in total. The van der Waals surface area contributed by atoms with E-state index in [1.165, 1.54) is 22.3 Å². The van der Waals surface area contributed by atoms with Crippen molar-refractivity contribution in [3.05, 3.63) is 224 Å². The molecule has 66 heavy (non-hydrogen) atoms. The Morgan fingerprint density at radius 2 is 0.909 bits per heavy atom. The molecule has 4 nitrogen and oxygen atoms in total. The molecule has 0 unspecified atom stereocenters. The molecule has 0 spiro atoms. The normalized spacial score (nSPS) is 11.8. The lowest BCUT2D eigenvalue weighted by Gasteiger charge is -2.24. The van der Waals surface area contributed by atoms with Gasteiger partial charge in [0.25, 0.3) is 0 Å². The Balaban J connectivity index is 1.22. The molecular weight excluding hydrogens is 801 g/mol. The summed E-state index contributed by atoms with van der Waals surface area (Å²) < 4.78 is 2.38. The van der Waals surface area contributed by atoms with Crippen LogP contribution in [0.4, 0.5) is 11.4 Å². The SMILES string of the molecule is CC(C)(C)c1ccc(Nc2ccc(C(C)(C)C)cc2-c2nc3c(-c4cccc(-c5ccccc5)c4)cccc3n2-c2ccccc2-c2ccccc2)c(-c2cc(-c3ccccc3)ccn2)c1. The van der Waals surface area contributed by atoms with E-state index in [9.17, 15) is 0 Å². The van der Waals surface area contributed by atoms with E-state index in [1.807, 2.05) is 6.20 Å². The van der Waals surface area contributed by atoms with Gasteiger partial charge in [-0.2, -0.15) is 0 Å². The standard InChI is InChI=1S/C62H54N4/c1-61(2,3)48-32-34-54(52(40-48)56-39-46(36-37-63-56)43-22-12-8-13-23-43)64-55-35-33-49(62(4,5)6)41-53(55)60-65-59-51(47-27-18-26-45(38-47)42-20-10-7-11-21-42)29-19-31-58(59)66(60)57-30-17-16-28-50(57)44-24-14-9-15-25-44/h7-41,64H,1-6H3. The smallest absolute Gasteiger partial charge is 0.147 e. The lowest BCUT2D eigenvalue weighted by atomic mass is 9.85. The second kappa shape index (κ2) is 17.3. The maximum atomic E-state index is 5.78. The van der Waals surface area contributed by atoms with E-state index in [0.717, 1.165) is 84.1 Å². The molecule has 0 bridgehead atoms. The summed E-state index contributed by atoms with van der Waals surface area (Å²) in [4.78, 5) is 10.8. The molecule has 2 heterocycles. The number of para-hydroxylation sites is 2.